The Kier molecular flexibility index (Phi) is 4.52. The van der Waals surface area contributed by atoms with Crippen molar-refractivity contribution in [2.45, 2.75) is 6.92 Å². The Balaban J connectivity index is 1.66. The van der Waals surface area contributed by atoms with Gasteiger partial charge in [0.2, 0.25) is 0 Å². The second kappa shape index (κ2) is 7.59. The summed E-state index contributed by atoms with van der Waals surface area (Å²) < 4.78 is 10.8. The summed E-state index contributed by atoms with van der Waals surface area (Å²) in [5.74, 6) is 1.44. The van der Waals surface area contributed by atoms with Gasteiger partial charge in [-0.3, -0.25) is 9.69 Å². The van der Waals surface area contributed by atoms with Crippen molar-refractivity contribution >= 4 is 39.1 Å². The number of fused-ring (bicyclic) bond motifs is 2. The molecule has 5 heteroatoms. The molecule has 1 amide bonds. The summed E-state index contributed by atoms with van der Waals surface area (Å²) in [6.45, 7) is 2.04. The molecular weight excluding hydrogens is 424 g/mol. The summed E-state index contributed by atoms with van der Waals surface area (Å²) in [4.78, 5) is 20.7. The first-order valence-electron chi connectivity index (χ1n) is 11.1. The lowest BCUT2D eigenvalue weighted by Crippen LogP contribution is -2.21. The molecule has 1 aromatic heterocycles. The third-order valence-corrected chi connectivity index (χ3v) is 6.43. The molecule has 0 unspecified atom stereocenters. The van der Waals surface area contributed by atoms with Crippen molar-refractivity contribution in [2.24, 2.45) is 0 Å². The lowest BCUT2D eigenvalue weighted by Gasteiger charge is -2.19. The van der Waals surface area contributed by atoms with Crippen LogP contribution in [0, 0.1) is 6.92 Å². The van der Waals surface area contributed by atoms with Gasteiger partial charge in [-0.05, 0) is 72.6 Å². The van der Waals surface area contributed by atoms with E-state index in [9.17, 15) is 4.79 Å². The molecule has 1 aliphatic heterocycles. The Morgan fingerprint density at radius 3 is 2.15 bits per heavy atom. The van der Waals surface area contributed by atoms with E-state index in [1.807, 2.05) is 73.7 Å². The summed E-state index contributed by atoms with van der Waals surface area (Å²) in [7, 11) is 3.28. The standard InChI is InChI=1S/C29H22N2O3/c1-17-4-8-20(9-5-17)31-26-15-19(18-6-10-21(33-2)11-7-18)14-25-28(26)27(29(31)32)23-16-22(34-3)12-13-24(23)30-25/h4-16H,1-3H3. The van der Waals surface area contributed by atoms with Gasteiger partial charge in [0.25, 0.3) is 5.91 Å². The lowest BCUT2D eigenvalue weighted by molar-refractivity contribution is 0.101. The number of carbonyl (C=O) groups excluding carboxylic acids is 1. The first kappa shape index (κ1) is 20.2. The van der Waals surface area contributed by atoms with Crippen LogP contribution in [0.25, 0.3) is 32.9 Å². The highest BCUT2D eigenvalue weighted by molar-refractivity contribution is 6.32. The third-order valence-electron chi connectivity index (χ3n) is 6.43. The van der Waals surface area contributed by atoms with E-state index in [0.29, 0.717) is 11.3 Å². The quantitative estimate of drug-likeness (QED) is 0.289. The van der Waals surface area contributed by atoms with Crippen LogP contribution in [0.2, 0.25) is 0 Å². The summed E-state index contributed by atoms with van der Waals surface area (Å²) >= 11 is 0. The maximum absolute atomic E-state index is 13.9. The van der Waals surface area contributed by atoms with Crippen molar-refractivity contribution in [3.05, 3.63) is 90.0 Å². The minimum Gasteiger partial charge on any atom is -0.497 e. The monoisotopic (exact) mass is 446 g/mol. The topological polar surface area (TPSA) is 51.7 Å². The molecule has 5 aromatic rings. The molecule has 0 aliphatic carbocycles. The number of aryl methyl sites for hydroxylation is 1. The number of carbonyl (C=O) groups is 1. The molecule has 0 fully saturated rings. The van der Waals surface area contributed by atoms with Crippen LogP contribution in [0.15, 0.2) is 78.9 Å². The van der Waals surface area contributed by atoms with Crippen LogP contribution in [0.1, 0.15) is 15.9 Å². The van der Waals surface area contributed by atoms with Crippen LogP contribution in [0.3, 0.4) is 0 Å². The number of hydrogen-bond acceptors (Lipinski definition) is 4. The van der Waals surface area contributed by atoms with E-state index in [2.05, 4.69) is 12.1 Å². The first-order valence-corrected chi connectivity index (χ1v) is 11.1. The van der Waals surface area contributed by atoms with E-state index in [1.165, 1.54) is 0 Å². The van der Waals surface area contributed by atoms with Gasteiger partial charge in [0.1, 0.15) is 11.5 Å². The smallest absolute Gasteiger partial charge is 0.264 e. The van der Waals surface area contributed by atoms with E-state index >= 15 is 0 Å². The number of pyridine rings is 1. The van der Waals surface area contributed by atoms with Crippen molar-refractivity contribution in [3.8, 4) is 22.6 Å². The highest BCUT2D eigenvalue weighted by Gasteiger charge is 2.34. The Morgan fingerprint density at radius 2 is 1.44 bits per heavy atom. The van der Waals surface area contributed by atoms with Gasteiger partial charge in [0.15, 0.2) is 0 Å². The molecule has 0 saturated carbocycles. The van der Waals surface area contributed by atoms with Crippen molar-refractivity contribution in [1.82, 2.24) is 4.98 Å². The SMILES string of the molecule is COc1ccc(-c2cc3c4c(c5cc(OC)ccc5nc4c2)C(=O)N3c2ccc(C)cc2)cc1. The van der Waals surface area contributed by atoms with Crippen molar-refractivity contribution in [1.29, 1.82) is 0 Å². The van der Waals surface area contributed by atoms with Crippen molar-refractivity contribution < 1.29 is 14.3 Å². The highest BCUT2D eigenvalue weighted by atomic mass is 16.5. The number of ether oxygens (including phenoxy) is 2. The number of nitrogens with zero attached hydrogens (tertiary/aromatic N) is 2. The summed E-state index contributed by atoms with van der Waals surface area (Å²) in [6.07, 6.45) is 0. The van der Waals surface area contributed by atoms with Crippen LogP contribution in [0.5, 0.6) is 11.5 Å². The van der Waals surface area contributed by atoms with Crippen LogP contribution in [-0.2, 0) is 0 Å². The molecule has 4 aromatic carbocycles. The van der Waals surface area contributed by atoms with E-state index in [-0.39, 0.29) is 5.91 Å². The van der Waals surface area contributed by atoms with Crippen LogP contribution in [-0.4, -0.2) is 25.1 Å². The van der Waals surface area contributed by atoms with Crippen LogP contribution in [0.4, 0.5) is 11.4 Å². The number of aromatic nitrogens is 1. The minimum absolute atomic E-state index is 0.0589. The molecule has 1 aliphatic rings. The fourth-order valence-corrected chi connectivity index (χ4v) is 4.68. The van der Waals surface area contributed by atoms with Gasteiger partial charge in [-0.1, -0.05) is 29.8 Å². The molecule has 34 heavy (non-hydrogen) atoms. The lowest BCUT2D eigenvalue weighted by atomic mass is 9.99. The third kappa shape index (κ3) is 3.01. The second-order valence-electron chi connectivity index (χ2n) is 8.46. The normalized spacial score (nSPS) is 12.6. The number of anilines is 2. The molecule has 0 spiro atoms. The molecule has 6 rings (SSSR count). The Hall–Kier alpha value is -4.38. The molecule has 166 valence electrons. The molecule has 5 nitrogen and oxygen atoms in total. The molecular formula is C29H22N2O3. The van der Waals surface area contributed by atoms with E-state index in [4.69, 9.17) is 14.5 Å². The van der Waals surface area contributed by atoms with E-state index < -0.39 is 0 Å². The molecule has 0 saturated heterocycles. The number of benzene rings is 4. The van der Waals surface area contributed by atoms with Crippen LogP contribution < -0.4 is 14.4 Å². The largest absolute Gasteiger partial charge is 0.497 e. The Morgan fingerprint density at radius 1 is 0.735 bits per heavy atom. The predicted octanol–water partition coefficient (Wildman–Crippen LogP) is 6.67. The highest BCUT2D eigenvalue weighted by Crippen LogP contribution is 2.46. The van der Waals surface area contributed by atoms with Gasteiger partial charge in [-0.15, -0.1) is 0 Å². The Labute approximate surface area is 197 Å². The maximum Gasteiger partial charge on any atom is 0.264 e. The fourth-order valence-electron chi connectivity index (χ4n) is 4.68. The molecule has 0 atom stereocenters. The zero-order valence-corrected chi connectivity index (χ0v) is 19.1. The van der Waals surface area contributed by atoms with Crippen molar-refractivity contribution in [3.63, 3.8) is 0 Å². The summed E-state index contributed by atoms with van der Waals surface area (Å²) in [6, 6.07) is 25.7. The number of hydrogen-bond donors (Lipinski definition) is 0. The van der Waals surface area contributed by atoms with Gasteiger partial charge >= 0.3 is 0 Å². The number of methoxy groups -OCH3 is 2. The molecule has 2 heterocycles. The van der Waals surface area contributed by atoms with Gasteiger partial charge in [-0.25, -0.2) is 4.98 Å². The van der Waals surface area contributed by atoms with Gasteiger partial charge in [0, 0.05) is 16.5 Å². The minimum atomic E-state index is -0.0589. The predicted molar refractivity (Wildman–Crippen MR) is 135 cm³/mol. The number of amides is 1. The zero-order chi connectivity index (χ0) is 23.4. The van der Waals surface area contributed by atoms with Gasteiger partial charge in [0.05, 0.1) is 36.5 Å². The number of rotatable bonds is 4. The maximum atomic E-state index is 13.9. The van der Waals surface area contributed by atoms with Gasteiger partial charge < -0.3 is 9.47 Å². The average molecular weight is 447 g/mol. The second-order valence-corrected chi connectivity index (χ2v) is 8.46. The molecule has 0 bridgehead atoms. The zero-order valence-electron chi connectivity index (χ0n) is 19.1. The van der Waals surface area contributed by atoms with Crippen molar-refractivity contribution in [2.75, 3.05) is 19.1 Å². The van der Waals surface area contributed by atoms with Crippen LogP contribution >= 0.6 is 0 Å². The summed E-state index contributed by atoms with van der Waals surface area (Å²) in [5.41, 5.74) is 7.04. The summed E-state index contributed by atoms with van der Waals surface area (Å²) in [5, 5.41) is 1.66. The fraction of sp³-hybridized carbons (Fsp3) is 0.103. The van der Waals surface area contributed by atoms with Gasteiger partial charge in [-0.2, -0.15) is 0 Å². The first-order chi connectivity index (χ1) is 16.6. The molecule has 0 radical (unpaired) electrons. The van der Waals surface area contributed by atoms with E-state index in [1.54, 1.807) is 19.1 Å². The average Bonchev–Trinajstić information content (AvgIpc) is 3.17. The molecule has 0 N–H and O–H groups in total. The Bertz CT molecular complexity index is 1590. The van der Waals surface area contributed by atoms with E-state index in [0.717, 1.165) is 55.6 Å².